The van der Waals surface area contributed by atoms with Gasteiger partial charge in [-0.05, 0) is 12.1 Å². The van der Waals surface area contributed by atoms with Crippen LogP contribution in [0, 0.1) is 0 Å². The third-order valence-corrected chi connectivity index (χ3v) is 5.24. The van der Waals surface area contributed by atoms with E-state index in [9.17, 15) is 9.59 Å². The van der Waals surface area contributed by atoms with Gasteiger partial charge in [-0.25, -0.2) is 9.78 Å². The highest BCUT2D eigenvalue weighted by molar-refractivity contribution is 5.93. The Morgan fingerprint density at radius 1 is 1.19 bits per heavy atom. The predicted octanol–water partition coefficient (Wildman–Crippen LogP) is 0.721. The number of carbonyl (C=O) groups is 1. The van der Waals surface area contributed by atoms with Crippen molar-refractivity contribution in [1.82, 2.24) is 24.6 Å². The lowest BCUT2D eigenvalue weighted by Crippen LogP contribution is -2.50. The van der Waals surface area contributed by atoms with Gasteiger partial charge in [0, 0.05) is 39.4 Å². The largest absolute Gasteiger partial charge is 0.338 e. The number of anilines is 2. The number of carbonyl (C=O) groups excluding carboxylic acids is 1. The molecule has 138 valence electrons. The van der Waals surface area contributed by atoms with Crippen LogP contribution in [0.4, 0.5) is 16.4 Å². The van der Waals surface area contributed by atoms with Gasteiger partial charge >= 0.3 is 6.03 Å². The van der Waals surface area contributed by atoms with E-state index in [4.69, 9.17) is 0 Å². The molecule has 0 saturated carbocycles. The number of amides is 2. The van der Waals surface area contributed by atoms with Crippen molar-refractivity contribution in [2.24, 2.45) is 7.05 Å². The molecule has 5 rings (SSSR count). The molecule has 2 aliphatic heterocycles. The van der Waals surface area contributed by atoms with Crippen molar-refractivity contribution < 1.29 is 4.79 Å². The van der Waals surface area contributed by atoms with E-state index in [0.29, 0.717) is 43.0 Å². The predicted molar refractivity (Wildman–Crippen MR) is 101 cm³/mol. The van der Waals surface area contributed by atoms with Gasteiger partial charge in [-0.15, -0.1) is 0 Å². The zero-order valence-electron chi connectivity index (χ0n) is 14.9. The van der Waals surface area contributed by atoms with E-state index in [0.717, 1.165) is 5.69 Å². The minimum absolute atomic E-state index is 0.0412. The second kappa shape index (κ2) is 5.83. The molecule has 2 amide bonds. The molecule has 9 heteroatoms. The molecule has 1 aromatic carbocycles. The van der Waals surface area contributed by atoms with Gasteiger partial charge in [0.1, 0.15) is 0 Å². The molecule has 0 atom stereocenters. The molecule has 9 nitrogen and oxygen atoms in total. The lowest BCUT2D eigenvalue weighted by Gasteiger charge is -2.40. The molecule has 3 aromatic rings. The first-order valence-electron chi connectivity index (χ1n) is 8.92. The maximum absolute atomic E-state index is 12.6. The summed E-state index contributed by atoms with van der Waals surface area (Å²) in [5.41, 5.74) is 1.47. The minimum atomic E-state index is -0.0832. The van der Waals surface area contributed by atoms with Crippen molar-refractivity contribution in [3.05, 3.63) is 47.0 Å². The van der Waals surface area contributed by atoms with E-state index in [1.165, 1.54) is 0 Å². The Hall–Kier alpha value is -3.36. The van der Waals surface area contributed by atoms with Gasteiger partial charge in [-0.1, -0.05) is 12.1 Å². The van der Waals surface area contributed by atoms with Gasteiger partial charge in [-0.2, -0.15) is 5.10 Å². The number of nitrogens with one attached hydrogen (secondary N) is 1. The summed E-state index contributed by atoms with van der Waals surface area (Å²) in [7, 11) is 1.75. The van der Waals surface area contributed by atoms with Crippen molar-refractivity contribution in [2.45, 2.75) is 6.04 Å². The zero-order valence-corrected chi connectivity index (χ0v) is 14.9. The standard InChI is InChI=1S/C18H19N7O2/c1-22-16(26)14-4-2-3-5-15(14)21-17(22)23-9-13(10-23)25-11-12(8-20-25)24-7-6-19-18(24)27/h2-5,8,11,13H,6-7,9-10H2,1H3,(H,19,27). The van der Waals surface area contributed by atoms with E-state index in [1.807, 2.05) is 29.1 Å². The van der Waals surface area contributed by atoms with E-state index >= 15 is 0 Å². The van der Waals surface area contributed by atoms with Crippen LogP contribution in [0.2, 0.25) is 0 Å². The van der Waals surface area contributed by atoms with Crippen molar-refractivity contribution >= 4 is 28.6 Å². The highest BCUT2D eigenvalue weighted by atomic mass is 16.2. The summed E-state index contributed by atoms with van der Waals surface area (Å²) in [4.78, 5) is 32.8. The maximum atomic E-state index is 12.6. The van der Waals surface area contributed by atoms with Crippen LogP contribution < -0.4 is 20.7 Å². The first-order chi connectivity index (χ1) is 13.1. The Morgan fingerprint density at radius 3 is 2.78 bits per heavy atom. The molecule has 2 aromatic heterocycles. The van der Waals surface area contributed by atoms with Crippen LogP contribution >= 0.6 is 0 Å². The third kappa shape index (κ3) is 2.46. The topological polar surface area (TPSA) is 88.3 Å². The average Bonchev–Trinajstić information content (AvgIpc) is 3.27. The second-order valence-electron chi connectivity index (χ2n) is 6.91. The molecule has 1 N–H and O–H groups in total. The van der Waals surface area contributed by atoms with Gasteiger partial charge in [-0.3, -0.25) is 18.9 Å². The summed E-state index contributed by atoms with van der Waals surface area (Å²) in [6, 6.07) is 7.50. The Morgan fingerprint density at radius 2 is 2.00 bits per heavy atom. The van der Waals surface area contributed by atoms with Crippen LogP contribution in [0.1, 0.15) is 6.04 Å². The van der Waals surface area contributed by atoms with Crippen molar-refractivity contribution in [2.75, 3.05) is 36.0 Å². The lowest BCUT2D eigenvalue weighted by atomic mass is 10.1. The smallest absolute Gasteiger partial charge is 0.322 e. The number of para-hydroxylation sites is 1. The van der Waals surface area contributed by atoms with Gasteiger partial charge in [0.25, 0.3) is 5.56 Å². The normalized spacial score (nSPS) is 17.4. The molecule has 0 spiro atoms. The van der Waals surface area contributed by atoms with Gasteiger partial charge < -0.3 is 10.2 Å². The summed E-state index contributed by atoms with van der Waals surface area (Å²) in [6.07, 6.45) is 3.62. The molecule has 27 heavy (non-hydrogen) atoms. The highest BCUT2D eigenvalue weighted by Gasteiger charge is 2.32. The van der Waals surface area contributed by atoms with Crippen molar-refractivity contribution in [3.8, 4) is 0 Å². The summed E-state index contributed by atoms with van der Waals surface area (Å²) in [5, 5.41) is 7.83. The van der Waals surface area contributed by atoms with Gasteiger partial charge in [0.15, 0.2) is 0 Å². The molecule has 0 bridgehead atoms. The summed E-state index contributed by atoms with van der Waals surface area (Å²) in [5.74, 6) is 0.668. The SMILES string of the molecule is Cn1c(N2CC(n3cc(N4CCNC4=O)cn3)C2)nc2ccccc2c1=O. The molecule has 0 radical (unpaired) electrons. The van der Waals surface area contributed by atoms with Gasteiger partial charge in [0.05, 0.1) is 28.8 Å². The molecule has 2 fully saturated rings. The lowest BCUT2D eigenvalue weighted by molar-refractivity contribution is 0.252. The quantitative estimate of drug-likeness (QED) is 0.739. The number of benzene rings is 1. The van der Waals surface area contributed by atoms with Crippen molar-refractivity contribution in [1.29, 1.82) is 0 Å². The van der Waals surface area contributed by atoms with E-state index in [1.54, 1.807) is 28.8 Å². The maximum Gasteiger partial charge on any atom is 0.322 e. The first kappa shape index (κ1) is 15.9. The number of fused-ring (bicyclic) bond motifs is 1. The molecule has 2 saturated heterocycles. The number of aromatic nitrogens is 4. The Balaban J connectivity index is 1.36. The van der Waals surface area contributed by atoms with Crippen LogP contribution in [-0.2, 0) is 7.05 Å². The highest BCUT2D eigenvalue weighted by Crippen LogP contribution is 2.27. The zero-order chi connectivity index (χ0) is 18.5. The summed E-state index contributed by atoms with van der Waals surface area (Å²) < 4.78 is 3.48. The fraction of sp³-hybridized carbons (Fsp3) is 0.333. The number of hydrogen-bond acceptors (Lipinski definition) is 5. The minimum Gasteiger partial charge on any atom is -0.338 e. The second-order valence-corrected chi connectivity index (χ2v) is 6.91. The molecule has 4 heterocycles. The summed E-state index contributed by atoms with van der Waals surface area (Å²) >= 11 is 0. The molecule has 0 aliphatic carbocycles. The van der Waals surface area contributed by atoms with Crippen LogP contribution in [-0.4, -0.2) is 51.5 Å². The monoisotopic (exact) mass is 365 g/mol. The number of nitrogens with zero attached hydrogens (tertiary/aromatic N) is 6. The van der Waals surface area contributed by atoms with Crippen LogP contribution in [0.5, 0.6) is 0 Å². The summed E-state index contributed by atoms with van der Waals surface area (Å²) in [6.45, 7) is 2.74. The van der Waals surface area contributed by atoms with Gasteiger partial charge in [0.2, 0.25) is 5.95 Å². The molecular weight excluding hydrogens is 346 g/mol. The fourth-order valence-corrected chi connectivity index (χ4v) is 3.66. The Labute approximate surface area is 154 Å². The number of hydrogen-bond donors (Lipinski definition) is 1. The Kier molecular flexibility index (Phi) is 3.43. The first-order valence-corrected chi connectivity index (χ1v) is 8.92. The number of urea groups is 1. The third-order valence-electron chi connectivity index (χ3n) is 5.24. The van der Waals surface area contributed by atoms with Crippen LogP contribution in [0.25, 0.3) is 10.9 Å². The molecule has 2 aliphatic rings. The van der Waals surface area contributed by atoms with E-state index in [-0.39, 0.29) is 17.6 Å². The molecule has 0 unspecified atom stereocenters. The van der Waals surface area contributed by atoms with E-state index < -0.39 is 0 Å². The van der Waals surface area contributed by atoms with Crippen molar-refractivity contribution in [3.63, 3.8) is 0 Å². The number of rotatable bonds is 3. The van der Waals surface area contributed by atoms with Crippen LogP contribution in [0.3, 0.4) is 0 Å². The molecular formula is C18H19N7O2. The van der Waals surface area contributed by atoms with Crippen LogP contribution in [0.15, 0.2) is 41.5 Å². The average molecular weight is 365 g/mol. The van der Waals surface area contributed by atoms with E-state index in [2.05, 4.69) is 20.3 Å². The fourth-order valence-electron chi connectivity index (χ4n) is 3.66. The Bertz CT molecular complexity index is 1100.